The fraction of sp³-hybridized carbons (Fsp3) is 0.172. The highest BCUT2D eigenvalue weighted by molar-refractivity contribution is 6.03. The van der Waals surface area contributed by atoms with Crippen LogP contribution in [-0.4, -0.2) is 57.6 Å². The van der Waals surface area contributed by atoms with E-state index in [0.717, 1.165) is 12.1 Å². The number of rotatable bonds is 6. The van der Waals surface area contributed by atoms with Gasteiger partial charge in [-0.25, -0.2) is 9.37 Å². The van der Waals surface area contributed by atoms with Crippen LogP contribution in [0.2, 0.25) is 0 Å². The minimum Gasteiger partial charge on any atom is -0.507 e. The summed E-state index contributed by atoms with van der Waals surface area (Å²) in [7, 11) is 1.76. The van der Waals surface area contributed by atoms with Gasteiger partial charge in [0.05, 0.1) is 24.1 Å². The Morgan fingerprint density at radius 1 is 1.12 bits per heavy atom. The third kappa shape index (κ3) is 5.40. The third-order valence-electron chi connectivity index (χ3n) is 6.61. The molecule has 1 aliphatic rings. The number of nitriles is 1. The number of aliphatic hydroxyl groups excluding tert-OH is 1. The molecular weight excluding hydrogens is 517 g/mol. The predicted octanol–water partition coefficient (Wildman–Crippen LogP) is 3.98. The SMILES string of the molecule is CN1CC(O)C[C@H]1C(=O)Nc1cccc(-c2cc(-c3ccc(F)cc3O)nc(NC(=O)c3ccco3)c2C#N)c1. The lowest BCUT2D eigenvalue weighted by molar-refractivity contribution is -0.120. The molecule has 2 aromatic carbocycles. The number of halogens is 1. The number of likely N-dealkylation sites (tertiary alicyclic amines) is 1. The van der Waals surface area contributed by atoms with Crippen molar-refractivity contribution in [3.63, 3.8) is 0 Å². The number of aromatic nitrogens is 1. The number of carbonyl (C=O) groups is 2. The number of aromatic hydroxyl groups is 1. The predicted molar refractivity (Wildman–Crippen MR) is 144 cm³/mol. The molecule has 2 aromatic heterocycles. The van der Waals surface area contributed by atoms with Crippen LogP contribution in [0.5, 0.6) is 5.75 Å². The van der Waals surface area contributed by atoms with Gasteiger partial charge < -0.3 is 25.3 Å². The summed E-state index contributed by atoms with van der Waals surface area (Å²) in [5.74, 6) is -2.06. The normalized spacial score (nSPS) is 16.9. The monoisotopic (exact) mass is 541 g/mol. The molecule has 4 aromatic rings. The van der Waals surface area contributed by atoms with Crippen LogP contribution < -0.4 is 10.6 Å². The van der Waals surface area contributed by atoms with Crippen LogP contribution in [0.25, 0.3) is 22.4 Å². The first-order valence-electron chi connectivity index (χ1n) is 12.3. The summed E-state index contributed by atoms with van der Waals surface area (Å²) in [5.41, 5.74) is 1.66. The highest BCUT2D eigenvalue weighted by Crippen LogP contribution is 2.36. The van der Waals surface area contributed by atoms with Gasteiger partial charge in [-0.2, -0.15) is 5.26 Å². The number of anilines is 2. The van der Waals surface area contributed by atoms with Crippen LogP contribution in [-0.2, 0) is 4.79 Å². The van der Waals surface area contributed by atoms with Crippen LogP contribution in [0.15, 0.2) is 71.3 Å². The van der Waals surface area contributed by atoms with Crippen molar-refractivity contribution >= 4 is 23.3 Å². The second-order valence-corrected chi connectivity index (χ2v) is 9.40. The molecule has 2 atom stereocenters. The van der Waals surface area contributed by atoms with Crippen molar-refractivity contribution in [3.8, 4) is 34.2 Å². The van der Waals surface area contributed by atoms with E-state index in [0.29, 0.717) is 29.8 Å². The highest BCUT2D eigenvalue weighted by atomic mass is 19.1. The Hall–Kier alpha value is -5.05. The minimum atomic E-state index is -0.649. The van der Waals surface area contributed by atoms with Crippen molar-refractivity contribution in [1.29, 1.82) is 5.26 Å². The summed E-state index contributed by atoms with van der Waals surface area (Å²) < 4.78 is 18.8. The molecule has 4 N–H and O–H groups in total. The Balaban J connectivity index is 1.57. The number of carbonyl (C=O) groups excluding carboxylic acids is 2. The van der Waals surface area contributed by atoms with Crippen molar-refractivity contribution in [3.05, 3.63) is 84.1 Å². The zero-order valence-electron chi connectivity index (χ0n) is 21.3. The quantitative estimate of drug-likeness (QED) is 0.286. The van der Waals surface area contributed by atoms with Gasteiger partial charge in [0.15, 0.2) is 11.6 Å². The first kappa shape index (κ1) is 26.6. The number of amides is 2. The molecule has 2 amide bonds. The van der Waals surface area contributed by atoms with E-state index >= 15 is 0 Å². The van der Waals surface area contributed by atoms with E-state index < -0.39 is 23.9 Å². The molecule has 0 bridgehead atoms. The van der Waals surface area contributed by atoms with Crippen LogP contribution in [0.4, 0.5) is 15.9 Å². The summed E-state index contributed by atoms with van der Waals surface area (Å²) in [6, 6.07) is 16.3. The maximum absolute atomic E-state index is 13.7. The number of likely N-dealkylation sites (N-methyl/N-ethyl adjacent to an activating group) is 1. The van der Waals surface area contributed by atoms with Gasteiger partial charge >= 0.3 is 0 Å². The van der Waals surface area contributed by atoms with E-state index in [1.807, 2.05) is 0 Å². The van der Waals surface area contributed by atoms with Gasteiger partial charge in [0.1, 0.15) is 23.2 Å². The molecule has 11 heteroatoms. The average molecular weight is 542 g/mol. The Kier molecular flexibility index (Phi) is 7.29. The summed E-state index contributed by atoms with van der Waals surface area (Å²) in [6.07, 6.45) is 1.06. The average Bonchev–Trinajstić information content (AvgIpc) is 3.58. The molecule has 0 saturated carbocycles. The molecule has 1 aliphatic heterocycles. The number of benzene rings is 2. The zero-order valence-corrected chi connectivity index (χ0v) is 21.3. The van der Waals surface area contributed by atoms with Gasteiger partial charge in [-0.1, -0.05) is 12.1 Å². The fourth-order valence-corrected chi connectivity index (χ4v) is 4.68. The van der Waals surface area contributed by atoms with Gasteiger partial charge in [-0.05, 0) is 61.5 Å². The number of aliphatic hydroxyl groups is 1. The van der Waals surface area contributed by atoms with Crippen molar-refractivity contribution in [1.82, 2.24) is 9.88 Å². The second kappa shape index (κ2) is 11.0. The van der Waals surface area contributed by atoms with Gasteiger partial charge in [-0.3, -0.25) is 14.5 Å². The van der Waals surface area contributed by atoms with Crippen molar-refractivity contribution in [2.75, 3.05) is 24.2 Å². The second-order valence-electron chi connectivity index (χ2n) is 9.40. The zero-order chi connectivity index (χ0) is 28.4. The molecule has 5 rings (SSSR count). The van der Waals surface area contributed by atoms with Gasteiger partial charge in [0, 0.05) is 29.4 Å². The molecule has 1 fully saturated rings. The van der Waals surface area contributed by atoms with E-state index in [1.165, 1.54) is 30.5 Å². The number of phenols is 1. The molecule has 10 nitrogen and oxygen atoms in total. The van der Waals surface area contributed by atoms with E-state index in [-0.39, 0.29) is 40.1 Å². The van der Waals surface area contributed by atoms with Crippen LogP contribution in [0.1, 0.15) is 22.5 Å². The fourth-order valence-electron chi connectivity index (χ4n) is 4.68. The number of furan rings is 1. The lowest BCUT2D eigenvalue weighted by Gasteiger charge is -2.19. The summed E-state index contributed by atoms with van der Waals surface area (Å²) in [6.45, 7) is 0.395. The molecule has 1 unspecified atom stereocenters. The van der Waals surface area contributed by atoms with Crippen LogP contribution >= 0.6 is 0 Å². The lowest BCUT2D eigenvalue weighted by atomic mass is 9.97. The molecule has 40 heavy (non-hydrogen) atoms. The standard InChI is InChI=1S/C29H24FN5O5/c1-35-15-19(36)12-24(35)28(38)32-18-5-2-4-16(10-18)21-13-23(20-8-7-17(30)11-25(20)37)33-27(22(21)14-31)34-29(39)26-6-3-9-40-26/h2-11,13,19,24,36-37H,12,15H2,1H3,(H,32,38)(H,33,34,39)/t19?,24-/m0/s1. The third-order valence-corrected chi connectivity index (χ3v) is 6.61. The summed E-state index contributed by atoms with van der Waals surface area (Å²) in [4.78, 5) is 31.8. The highest BCUT2D eigenvalue weighted by Gasteiger charge is 2.33. The topological polar surface area (TPSA) is 152 Å². The van der Waals surface area contributed by atoms with Gasteiger partial charge in [0.25, 0.3) is 5.91 Å². The molecular formula is C29H24FN5O5. The number of nitrogens with zero attached hydrogens (tertiary/aromatic N) is 3. The summed E-state index contributed by atoms with van der Waals surface area (Å²) >= 11 is 0. The largest absolute Gasteiger partial charge is 0.507 e. The Morgan fingerprint density at radius 3 is 2.62 bits per heavy atom. The Morgan fingerprint density at radius 2 is 1.95 bits per heavy atom. The van der Waals surface area contributed by atoms with E-state index in [2.05, 4.69) is 21.7 Å². The molecule has 202 valence electrons. The van der Waals surface area contributed by atoms with Crippen molar-refractivity contribution < 1.29 is 28.6 Å². The Labute approximate surface area is 228 Å². The Bertz CT molecular complexity index is 1630. The smallest absolute Gasteiger partial charge is 0.292 e. The minimum absolute atomic E-state index is 0.00557. The molecule has 3 heterocycles. The first-order valence-corrected chi connectivity index (χ1v) is 12.3. The molecule has 0 radical (unpaired) electrons. The maximum Gasteiger partial charge on any atom is 0.292 e. The summed E-state index contributed by atoms with van der Waals surface area (Å²) in [5, 5.41) is 35.9. The molecule has 0 aliphatic carbocycles. The number of pyridine rings is 1. The molecule has 1 saturated heterocycles. The number of β-amino-alcohol motifs (C(OH)–C–C–N with tert-alkyl or cyclic N) is 1. The first-order chi connectivity index (χ1) is 19.2. The van der Waals surface area contributed by atoms with E-state index in [4.69, 9.17) is 4.42 Å². The van der Waals surface area contributed by atoms with Crippen LogP contribution in [0, 0.1) is 17.1 Å². The van der Waals surface area contributed by atoms with E-state index in [9.17, 15) is 29.5 Å². The number of phenolic OH excluding ortho intramolecular Hbond substituents is 1. The van der Waals surface area contributed by atoms with Crippen LogP contribution in [0.3, 0.4) is 0 Å². The van der Waals surface area contributed by atoms with Gasteiger partial charge in [-0.15, -0.1) is 0 Å². The number of hydrogen-bond donors (Lipinski definition) is 4. The molecule has 0 spiro atoms. The van der Waals surface area contributed by atoms with Crippen molar-refractivity contribution in [2.45, 2.75) is 18.6 Å². The van der Waals surface area contributed by atoms with Gasteiger partial charge in [0.2, 0.25) is 5.91 Å². The number of nitrogens with one attached hydrogen (secondary N) is 2. The lowest BCUT2D eigenvalue weighted by Crippen LogP contribution is -2.37. The van der Waals surface area contributed by atoms with Crippen molar-refractivity contribution in [2.24, 2.45) is 0 Å². The van der Waals surface area contributed by atoms with E-state index in [1.54, 1.807) is 36.2 Å². The number of hydrogen-bond acceptors (Lipinski definition) is 8. The maximum atomic E-state index is 13.7.